The number of hydrogen-bond acceptors (Lipinski definition) is 8. The molecule has 1 aliphatic heterocycles. The second-order valence-electron chi connectivity index (χ2n) is 12.5. The van der Waals surface area contributed by atoms with Gasteiger partial charge in [-0.2, -0.15) is 9.61 Å². The van der Waals surface area contributed by atoms with Crippen LogP contribution in [0.15, 0.2) is 67.3 Å². The van der Waals surface area contributed by atoms with Gasteiger partial charge in [0, 0.05) is 36.0 Å². The molecule has 1 atom stereocenters. The van der Waals surface area contributed by atoms with Gasteiger partial charge in [-0.15, -0.1) is 6.58 Å². The van der Waals surface area contributed by atoms with Crippen LogP contribution in [-0.2, 0) is 19.0 Å². The second kappa shape index (κ2) is 12.4. The van der Waals surface area contributed by atoms with Crippen molar-refractivity contribution in [3.05, 3.63) is 78.5 Å². The lowest BCUT2D eigenvalue weighted by Crippen LogP contribution is -2.45. The number of aromatic nitrogens is 3. The molecule has 0 bridgehead atoms. The van der Waals surface area contributed by atoms with Crippen molar-refractivity contribution in [1.29, 1.82) is 0 Å². The summed E-state index contributed by atoms with van der Waals surface area (Å²) in [6.45, 7) is 15.4. The number of aryl methyl sites for hydroxylation is 1. The quantitative estimate of drug-likeness (QED) is 0.169. The molecule has 1 saturated heterocycles. The smallest absolute Gasteiger partial charge is 0.339 e. The molecule has 2 aromatic carbocycles. The van der Waals surface area contributed by atoms with Gasteiger partial charge in [0.05, 0.1) is 36.2 Å². The van der Waals surface area contributed by atoms with E-state index >= 15 is 0 Å². The van der Waals surface area contributed by atoms with E-state index in [1.165, 1.54) is 7.11 Å². The number of ether oxygens (including phenoxy) is 3. The van der Waals surface area contributed by atoms with Gasteiger partial charge in [0.1, 0.15) is 11.6 Å². The highest BCUT2D eigenvalue weighted by atomic mass is 16.6. The molecular weight excluding hydrogens is 556 g/mol. The van der Waals surface area contributed by atoms with E-state index in [-0.39, 0.29) is 11.4 Å². The van der Waals surface area contributed by atoms with Crippen molar-refractivity contribution in [2.75, 3.05) is 31.7 Å². The van der Waals surface area contributed by atoms with Crippen LogP contribution in [0.5, 0.6) is 5.75 Å². The van der Waals surface area contributed by atoms with E-state index in [4.69, 9.17) is 24.3 Å². The van der Waals surface area contributed by atoms with E-state index in [0.717, 1.165) is 41.0 Å². The Labute approximate surface area is 259 Å². The molecule has 44 heavy (non-hydrogen) atoms. The Morgan fingerprint density at radius 1 is 1.11 bits per heavy atom. The molecule has 9 nitrogen and oxygen atoms in total. The Kier molecular flexibility index (Phi) is 8.81. The minimum Gasteiger partial charge on any atom is -0.507 e. The number of rotatable bonds is 9. The van der Waals surface area contributed by atoms with E-state index in [0.29, 0.717) is 36.6 Å². The van der Waals surface area contributed by atoms with Crippen molar-refractivity contribution in [1.82, 2.24) is 14.6 Å². The number of esters is 1. The molecule has 2 aromatic heterocycles. The lowest BCUT2D eigenvalue weighted by Gasteiger charge is -2.41. The molecule has 9 heteroatoms. The number of carbonyl (C=O) groups is 1. The van der Waals surface area contributed by atoms with Gasteiger partial charge in [0.15, 0.2) is 11.8 Å². The Morgan fingerprint density at radius 3 is 2.48 bits per heavy atom. The summed E-state index contributed by atoms with van der Waals surface area (Å²) in [6.07, 6.45) is 2.33. The first-order chi connectivity index (χ1) is 20.9. The third-order valence-corrected chi connectivity index (χ3v) is 8.00. The van der Waals surface area contributed by atoms with E-state index in [1.54, 1.807) is 18.2 Å². The fourth-order valence-corrected chi connectivity index (χ4v) is 5.71. The summed E-state index contributed by atoms with van der Waals surface area (Å²) in [6, 6.07) is 17.1. The minimum atomic E-state index is -1.01. The Bertz CT molecular complexity index is 1660. The van der Waals surface area contributed by atoms with Gasteiger partial charge >= 0.3 is 5.97 Å². The molecule has 0 amide bonds. The van der Waals surface area contributed by atoms with Crippen LogP contribution in [0.3, 0.4) is 0 Å². The van der Waals surface area contributed by atoms with E-state index in [9.17, 15) is 9.90 Å². The number of hydrogen-bond donors (Lipinski definition) is 1. The normalized spacial score (nSPS) is 15.7. The summed E-state index contributed by atoms with van der Waals surface area (Å²) in [7, 11) is 1.37. The molecule has 1 aliphatic rings. The van der Waals surface area contributed by atoms with E-state index in [2.05, 4.69) is 18.4 Å². The monoisotopic (exact) mass is 598 g/mol. The minimum absolute atomic E-state index is 0.214. The molecule has 1 unspecified atom stereocenters. The van der Waals surface area contributed by atoms with Crippen molar-refractivity contribution in [2.45, 2.75) is 64.8 Å². The fraction of sp³-hybridized carbons (Fsp3) is 0.400. The van der Waals surface area contributed by atoms with Gasteiger partial charge in [-0.1, -0.05) is 42.5 Å². The Balaban J connectivity index is 1.66. The molecule has 0 spiro atoms. The van der Waals surface area contributed by atoms with Gasteiger partial charge < -0.3 is 24.2 Å². The molecule has 5 rings (SSSR count). The first-order valence-electron chi connectivity index (χ1n) is 15.0. The number of methoxy groups -OCH3 is 1. The predicted molar refractivity (Wildman–Crippen MR) is 172 cm³/mol. The van der Waals surface area contributed by atoms with Gasteiger partial charge in [-0.05, 0) is 65.2 Å². The van der Waals surface area contributed by atoms with Crippen LogP contribution in [0.1, 0.15) is 57.9 Å². The SMILES string of the molecule is C=CCOC1(C)CCN(c2c(C(OC(C)(C)C)C(=O)OC)c(C)nc3cc(-c4cccc(-c5ccccc5O)c4)nn23)CC1. The van der Waals surface area contributed by atoms with Crippen LogP contribution in [-0.4, -0.2) is 63.7 Å². The zero-order valence-corrected chi connectivity index (χ0v) is 26.5. The molecule has 0 saturated carbocycles. The largest absolute Gasteiger partial charge is 0.507 e. The van der Waals surface area contributed by atoms with Crippen LogP contribution in [0.4, 0.5) is 5.82 Å². The number of phenolic OH excluding ortho intramolecular Hbond substituents is 1. The molecule has 4 aromatic rings. The highest BCUT2D eigenvalue weighted by Crippen LogP contribution is 2.39. The number of phenols is 1. The maximum Gasteiger partial charge on any atom is 0.339 e. The van der Waals surface area contributed by atoms with Crippen molar-refractivity contribution in [3.8, 4) is 28.1 Å². The number of para-hydroxylation sites is 1. The zero-order chi connectivity index (χ0) is 31.6. The summed E-state index contributed by atoms with van der Waals surface area (Å²) in [5.41, 5.74) is 4.25. The van der Waals surface area contributed by atoms with Crippen LogP contribution in [0.25, 0.3) is 28.0 Å². The number of fused-ring (bicyclic) bond motifs is 1. The third-order valence-electron chi connectivity index (χ3n) is 8.00. The molecule has 1 N–H and O–H groups in total. The average Bonchev–Trinajstić information content (AvgIpc) is 3.42. The fourth-order valence-electron chi connectivity index (χ4n) is 5.71. The standard InChI is InChI=1S/C35H42N4O5/c1-8-20-43-35(6)16-18-38(19-17-35)32-30(31(33(41)42-7)44-34(3,4)5)23(2)36-29-22-27(37-39(29)32)25-13-11-12-24(21-25)26-14-9-10-15-28(26)40/h8-15,21-22,31,40H,1,16-20H2,2-7H3. The maximum atomic E-state index is 13.3. The number of aromatic hydroxyl groups is 1. The van der Waals surface area contributed by atoms with Gasteiger partial charge in [0.2, 0.25) is 0 Å². The third kappa shape index (κ3) is 6.49. The highest BCUT2D eigenvalue weighted by Gasteiger charge is 2.38. The topological polar surface area (TPSA) is 98.4 Å². The molecule has 3 heterocycles. The van der Waals surface area contributed by atoms with Crippen molar-refractivity contribution in [2.24, 2.45) is 0 Å². The summed E-state index contributed by atoms with van der Waals surface area (Å²) in [4.78, 5) is 20.5. The molecule has 0 radical (unpaired) electrons. The molecular formula is C35H42N4O5. The average molecular weight is 599 g/mol. The van der Waals surface area contributed by atoms with Crippen molar-refractivity contribution >= 4 is 17.4 Å². The summed E-state index contributed by atoms with van der Waals surface area (Å²) >= 11 is 0. The number of anilines is 1. The lowest BCUT2D eigenvalue weighted by molar-refractivity contribution is -0.164. The van der Waals surface area contributed by atoms with Crippen molar-refractivity contribution < 1.29 is 24.1 Å². The van der Waals surface area contributed by atoms with Crippen LogP contribution >= 0.6 is 0 Å². The zero-order valence-electron chi connectivity index (χ0n) is 26.5. The Morgan fingerprint density at radius 2 is 1.82 bits per heavy atom. The van der Waals surface area contributed by atoms with Gasteiger partial charge in [-0.3, -0.25) is 0 Å². The van der Waals surface area contributed by atoms with Gasteiger partial charge in [-0.25, -0.2) is 9.78 Å². The van der Waals surface area contributed by atoms with E-state index in [1.807, 2.05) is 74.7 Å². The first kappa shape index (κ1) is 31.2. The first-order valence-corrected chi connectivity index (χ1v) is 15.0. The van der Waals surface area contributed by atoms with E-state index < -0.39 is 17.7 Å². The van der Waals surface area contributed by atoms with Crippen LogP contribution in [0, 0.1) is 6.92 Å². The van der Waals surface area contributed by atoms with Gasteiger partial charge in [0.25, 0.3) is 0 Å². The molecule has 232 valence electrons. The Hall–Kier alpha value is -4.21. The maximum absolute atomic E-state index is 13.3. The van der Waals surface area contributed by atoms with Crippen LogP contribution in [0.2, 0.25) is 0 Å². The lowest BCUT2D eigenvalue weighted by atomic mass is 9.92. The molecule has 0 aliphatic carbocycles. The number of carbonyl (C=O) groups excluding carboxylic acids is 1. The summed E-state index contributed by atoms with van der Waals surface area (Å²) in [5, 5.41) is 15.5. The highest BCUT2D eigenvalue weighted by molar-refractivity contribution is 5.81. The summed E-state index contributed by atoms with van der Waals surface area (Å²) in [5.74, 6) is 0.469. The molecule has 1 fully saturated rings. The number of nitrogens with zero attached hydrogens (tertiary/aromatic N) is 4. The number of piperidine rings is 1. The number of benzene rings is 2. The second-order valence-corrected chi connectivity index (χ2v) is 12.5. The predicted octanol–water partition coefficient (Wildman–Crippen LogP) is 6.67. The van der Waals surface area contributed by atoms with Crippen molar-refractivity contribution in [3.63, 3.8) is 0 Å². The van der Waals surface area contributed by atoms with Crippen LogP contribution < -0.4 is 4.90 Å². The summed E-state index contributed by atoms with van der Waals surface area (Å²) < 4.78 is 19.6.